The second-order valence-corrected chi connectivity index (χ2v) is 5.42. The van der Waals surface area contributed by atoms with Crippen LogP contribution in [0.5, 0.6) is 5.75 Å². The van der Waals surface area contributed by atoms with Crippen LogP contribution in [-0.2, 0) is 17.5 Å². The first kappa shape index (κ1) is 18.4. The summed E-state index contributed by atoms with van der Waals surface area (Å²) >= 11 is 0. The summed E-state index contributed by atoms with van der Waals surface area (Å²) in [5, 5.41) is 3.89. The summed E-state index contributed by atoms with van der Waals surface area (Å²) in [6, 6.07) is 10.5. The Kier molecular flexibility index (Phi) is 5.11. The van der Waals surface area contributed by atoms with Crippen molar-refractivity contribution in [2.45, 2.75) is 12.8 Å². The van der Waals surface area contributed by atoms with Crippen molar-refractivity contribution in [1.29, 1.82) is 0 Å². The lowest BCUT2D eigenvalue weighted by Crippen LogP contribution is -2.10. The van der Waals surface area contributed by atoms with Gasteiger partial charge in [0.05, 0.1) is 12.7 Å². The van der Waals surface area contributed by atoms with E-state index in [9.17, 15) is 18.0 Å². The molecule has 0 aliphatic heterocycles. The molecule has 0 atom stereocenters. The van der Waals surface area contributed by atoms with E-state index in [0.29, 0.717) is 17.5 Å². The Morgan fingerprint density at radius 1 is 1.19 bits per heavy atom. The predicted octanol–water partition coefficient (Wildman–Crippen LogP) is 4.12. The third-order valence-corrected chi connectivity index (χ3v) is 3.56. The van der Waals surface area contributed by atoms with Gasteiger partial charge < -0.3 is 14.0 Å². The highest BCUT2D eigenvalue weighted by atomic mass is 19.4. The Balaban J connectivity index is 1.63. The van der Waals surface area contributed by atoms with Gasteiger partial charge in [-0.1, -0.05) is 17.3 Å². The Morgan fingerprint density at radius 3 is 2.67 bits per heavy atom. The average Bonchev–Trinajstić information content (AvgIpc) is 3.14. The summed E-state index contributed by atoms with van der Waals surface area (Å²) in [4.78, 5) is 15.1. The largest absolute Gasteiger partial charge is 0.497 e. The van der Waals surface area contributed by atoms with E-state index in [0.717, 1.165) is 17.8 Å². The summed E-state index contributed by atoms with van der Waals surface area (Å²) in [6.07, 6.45) is -3.76. The Labute approximate surface area is 151 Å². The highest BCUT2D eigenvalue weighted by Gasteiger charge is 2.32. The zero-order chi connectivity index (χ0) is 19.4. The first-order valence-electron chi connectivity index (χ1n) is 7.67. The van der Waals surface area contributed by atoms with Crippen molar-refractivity contribution in [2.24, 2.45) is 0 Å². The quantitative estimate of drug-likeness (QED) is 0.622. The lowest BCUT2D eigenvalue weighted by molar-refractivity contribution is -0.141. The number of hydrogen-bond acceptors (Lipinski definition) is 6. The van der Waals surface area contributed by atoms with Crippen molar-refractivity contribution >= 4 is 5.97 Å². The summed E-state index contributed by atoms with van der Waals surface area (Å²) < 4.78 is 52.7. The Morgan fingerprint density at radius 2 is 2.00 bits per heavy atom. The predicted molar refractivity (Wildman–Crippen MR) is 86.8 cm³/mol. The van der Waals surface area contributed by atoms with E-state index in [2.05, 4.69) is 10.1 Å². The average molecular weight is 378 g/mol. The molecule has 0 unspecified atom stereocenters. The summed E-state index contributed by atoms with van der Waals surface area (Å²) in [7, 11) is 1.54. The van der Waals surface area contributed by atoms with Crippen LogP contribution in [0.2, 0.25) is 0 Å². The monoisotopic (exact) mass is 378 g/mol. The fourth-order valence-electron chi connectivity index (χ4n) is 2.20. The van der Waals surface area contributed by atoms with Gasteiger partial charge in [-0.15, -0.1) is 0 Å². The molecule has 0 fully saturated rings. The van der Waals surface area contributed by atoms with Gasteiger partial charge in [-0.2, -0.15) is 13.2 Å². The summed E-state index contributed by atoms with van der Waals surface area (Å²) in [5.74, 6) is 0.106. The van der Waals surface area contributed by atoms with Gasteiger partial charge in [0.1, 0.15) is 17.1 Å². The first-order valence-corrected chi connectivity index (χ1v) is 7.67. The fourth-order valence-corrected chi connectivity index (χ4v) is 2.20. The van der Waals surface area contributed by atoms with Gasteiger partial charge in [0.15, 0.2) is 12.4 Å². The molecule has 0 amide bonds. The molecule has 9 heteroatoms. The molecule has 3 aromatic rings. The molecule has 3 rings (SSSR count). The lowest BCUT2D eigenvalue weighted by Gasteiger charge is -2.06. The van der Waals surface area contributed by atoms with E-state index < -0.39 is 17.8 Å². The van der Waals surface area contributed by atoms with E-state index >= 15 is 0 Å². The van der Waals surface area contributed by atoms with Gasteiger partial charge in [-0.25, -0.2) is 4.79 Å². The maximum absolute atomic E-state index is 12.5. The van der Waals surface area contributed by atoms with Gasteiger partial charge in [-0.3, -0.25) is 4.98 Å². The van der Waals surface area contributed by atoms with Crippen LogP contribution in [0, 0.1) is 0 Å². The highest BCUT2D eigenvalue weighted by molar-refractivity contribution is 5.88. The van der Waals surface area contributed by atoms with E-state index in [1.54, 1.807) is 31.4 Å². The van der Waals surface area contributed by atoms with Crippen molar-refractivity contribution in [2.75, 3.05) is 7.11 Å². The molecule has 6 nitrogen and oxygen atoms in total. The van der Waals surface area contributed by atoms with Gasteiger partial charge in [0, 0.05) is 17.8 Å². The number of hydrogen-bond donors (Lipinski definition) is 0. The zero-order valence-corrected chi connectivity index (χ0v) is 14.0. The Hall–Kier alpha value is -3.36. The van der Waals surface area contributed by atoms with Crippen LogP contribution in [0.3, 0.4) is 0 Å². The number of halogens is 3. The van der Waals surface area contributed by atoms with Crippen molar-refractivity contribution in [3.63, 3.8) is 0 Å². The van der Waals surface area contributed by atoms with Crippen LogP contribution in [0.4, 0.5) is 13.2 Å². The minimum atomic E-state index is -4.57. The molecule has 27 heavy (non-hydrogen) atoms. The number of methoxy groups -OCH3 is 1. The molecule has 140 valence electrons. The van der Waals surface area contributed by atoms with Crippen LogP contribution >= 0.6 is 0 Å². The number of esters is 1. The van der Waals surface area contributed by atoms with Gasteiger partial charge in [0.2, 0.25) is 0 Å². The molecule has 0 radical (unpaired) electrons. The highest BCUT2D eigenvalue weighted by Crippen LogP contribution is 2.27. The molecule has 0 bridgehead atoms. The third-order valence-electron chi connectivity index (χ3n) is 3.56. The minimum absolute atomic E-state index is 0.101. The number of carbonyl (C=O) groups excluding carboxylic acids is 1. The van der Waals surface area contributed by atoms with Crippen molar-refractivity contribution in [3.8, 4) is 17.0 Å². The first-order chi connectivity index (χ1) is 12.9. The topological polar surface area (TPSA) is 74.5 Å². The normalized spacial score (nSPS) is 11.3. The van der Waals surface area contributed by atoms with Crippen molar-refractivity contribution in [3.05, 3.63) is 65.7 Å². The standard InChI is InChI=1S/C18H13F3N2O4/c1-25-13-4-2-3-11(7-13)15-8-14(27-23-15)10-26-17(24)12-5-6-16(22-9-12)18(19,20)21/h2-9H,10H2,1H3. The van der Waals surface area contributed by atoms with Crippen LogP contribution in [0.25, 0.3) is 11.3 Å². The number of ether oxygens (including phenoxy) is 2. The van der Waals surface area contributed by atoms with Crippen LogP contribution in [-0.4, -0.2) is 23.2 Å². The van der Waals surface area contributed by atoms with Gasteiger partial charge >= 0.3 is 12.1 Å². The van der Waals surface area contributed by atoms with Crippen LogP contribution < -0.4 is 4.74 Å². The fraction of sp³-hybridized carbons (Fsp3) is 0.167. The SMILES string of the molecule is COc1cccc(-c2cc(COC(=O)c3ccc(C(F)(F)F)nc3)on2)c1. The number of aromatic nitrogens is 2. The second kappa shape index (κ2) is 7.48. The zero-order valence-electron chi connectivity index (χ0n) is 14.0. The lowest BCUT2D eigenvalue weighted by atomic mass is 10.1. The minimum Gasteiger partial charge on any atom is -0.497 e. The third kappa shape index (κ3) is 4.43. The number of alkyl halides is 3. The molecule has 0 N–H and O–H groups in total. The molecule has 0 saturated heterocycles. The molecule has 1 aromatic carbocycles. The molecular weight excluding hydrogens is 365 g/mol. The number of carbonyl (C=O) groups is 1. The van der Waals surface area contributed by atoms with E-state index in [1.165, 1.54) is 0 Å². The number of pyridine rings is 1. The summed E-state index contributed by atoms with van der Waals surface area (Å²) in [6.45, 7) is -0.225. The molecule has 2 aromatic heterocycles. The maximum Gasteiger partial charge on any atom is 0.433 e. The molecule has 0 aliphatic rings. The number of benzene rings is 1. The molecule has 0 spiro atoms. The van der Waals surface area contributed by atoms with Crippen LogP contribution in [0.1, 0.15) is 21.8 Å². The maximum atomic E-state index is 12.5. The molecule has 0 aliphatic carbocycles. The molecular formula is C18H13F3N2O4. The molecule has 0 saturated carbocycles. The second-order valence-electron chi connectivity index (χ2n) is 5.42. The van der Waals surface area contributed by atoms with Crippen molar-refractivity contribution in [1.82, 2.24) is 10.1 Å². The van der Waals surface area contributed by atoms with E-state index in [-0.39, 0.29) is 17.9 Å². The van der Waals surface area contributed by atoms with Crippen LogP contribution in [0.15, 0.2) is 53.2 Å². The van der Waals surface area contributed by atoms with E-state index in [4.69, 9.17) is 14.0 Å². The van der Waals surface area contributed by atoms with Gasteiger partial charge in [0.25, 0.3) is 0 Å². The molecule has 2 heterocycles. The number of rotatable bonds is 5. The van der Waals surface area contributed by atoms with Crippen molar-refractivity contribution < 1.29 is 32.0 Å². The smallest absolute Gasteiger partial charge is 0.433 e. The van der Waals surface area contributed by atoms with E-state index in [1.807, 2.05) is 6.07 Å². The van der Waals surface area contributed by atoms with Gasteiger partial charge in [-0.05, 0) is 24.3 Å². The number of nitrogens with zero attached hydrogens (tertiary/aromatic N) is 2. The Bertz CT molecular complexity index is 936. The summed E-state index contributed by atoms with van der Waals surface area (Å²) in [5.41, 5.74) is 0.0894.